The summed E-state index contributed by atoms with van der Waals surface area (Å²) in [5.41, 5.74) is 2.47. The Morgan fingerprint density at radius 3 is 1.08 bits per heavy atom. The summed E-state index contributed by atoms with van der Waals surface area (Å²) in [4.78, 5) is 4.19. The molecule has 0 aromatic heterocycles. The van der Waals surface area contributed by atoms with E-state index in [0.717, 1.165) is 0 Å². The average Bonchev–Trinajstić information content (AvgIpc) is 2.04. The molecule has 3 N–H and O–H groups in total. The molecule has 0 spiro atoms. The first-order valence-corrected chi connectivity index (χ1v) is 4.06. The van der Waals surface area contributed by atoms with Gasteiger partial charge in [0.1, 0.15) is 0 Å². The Morgan fingerprint density at radius 2 is 0.923 bits per heavy atom. The maximum absolute atomic E-state index is 2.12. The number of hydrogen-bond acceptors (Lipinski definition) is 3. The van der Waals surface area contributed by atoms with Gasteiger partial charge in [-0.15, -0.1) is 0 Å². The zero-order valence-electron chi connectivity index (χ0n) is 8.91. The molecule has 3 nitrogen and oxygen atoms in total. The van der Waals surface area contributed by atoms with E-state index in [2.05, 4.69) is 34.1 Å². The average molecular weight is 181 g/mol. The maximum atomic E-state index is 2.12. The molecule has 3 heteroatoms. The van der Waals surface area contributed by atoms with Crippen LogP contribution in [0.15, 0.2) is 24.3 Å². The number of nitrogens with zero attached hydrogens (tertiary/aromatic N) is 2. The van der Waals surface area contributed by atoms with Crippen LogP contribution in [0.5, 0.6) is 0 Å². The second-order valence-electron chi connectivity index (χ2n) is 3.31. The predicted molar refractivity (Wildman–Crippen MR) is 60.1 cm³/mol. The molecule has 0 atom stereocenters. The van der Waals surface area contributed by atoms with Gasteiger partial charge in [0.25, 0.3) is 0 Å². The van der Waals surface area contributed by atoms with Crippen LogP contribution >= 0.6 is 0 Å². The minimum Gasteiger partial charge on any atom is -0.378 e. The Hall–Kier alpha value is -1.22. The van der Waals surface area contributed by atoms with Crippen LogP contribution in [0, 0.1) is 0 Å². The van der Waals surface area contributed by atoms with Gasteiger partial charge in [0, 0.05) is 39.6 Å². The fourth-order valence-corrected chi connectivity index (χ4v) is 1.05. The first-order valence-electron chi connectivity index (χ1n) is 4.06. The molecule has 13 heavy (non-hydrogen) atoms. The number of anilines is 2. The van der Waals surface area contributed by atoms with Gasteiger partial charge in [0.15, 0.2) is 0 Å². The third-order valence-electron chi connectivity index (χ3n) is 1.88. The number of benzene rings is 1. The lowest BCUT2D eigenvalue weighted by molar-refractivity contribution is 1.11. The van der Waals surface area contributed by atoms with E-state index < -0.39 is 0 Å². The summed E-state index contributed by atoms with van der Waals surface area (Å²) in [6.45, 7) is 0. The van der Waals surface area contributed by atoms with E-state index in [9.17, 15) is 0 Å². The van der Waals surface area contributed by atoms with Crippen molar-refractivity contribution in [1.29, 1.82) is 0 Å². The number of rotatable bonds is 2. The van der Waals surface area contributed by atoms with E-state index in [0.29, 0.717) is 0 Å². The van der Waals surface area contributed by atoms with Gasteiger partial charge in [0.05, 0.1) is 0 Å². The van der Waals surface area contributed by atoms with E-state index in [1.807, 2.05) is 28.2 Å². The van der Waals surface area contributed by atoms with Crippen molar-refractivity contribution in [3.8, 4) is 0 Å². The van der Waals surface area contributed by atoms with E-state index in [4.69, 9.17) is 0 Å². The first kappa shape index (κ1) is 11.8. The van der Waals surface area contributed by atoms with Crippen molar-refractivity contribution in [3.05, 3.63) is 24.3 Å². The molecule has 0 saturated heterocycles. The van der Waals surface area contributed by atoms with Crippen LogP contribution in [-0.4, -0.2) is 28.2 Å². The minimum absolute atomic E-state index is 0. The van der Waals surface area contributed by atoms with Crippen LogP contribution in [0.4, 0.5) is 11.4 Å². The van der Waals surface area contributed by atoms with E-state index in [1.54, 1.807) is 0 Å². The summed E-state index contributed by atoms with van der Waals surface area (Å²) >= 11 is 0. The fourth-order valence-electron chi connectivity index (χ4n) is 1.05. The Morgan fingerprint density at radius 1 is 0.692 bits per heavy atom. The van der Waals surface area contributed by atoms with E-state index in [-0.39, 0.29) is 6.15 Å². The summed E-state index contributed by atoms with van der Waals surface area (Å²) in [6.07, 6.45) is 0. The van der Waals surface area contributed by atoms with Crippen molar-refractivity contribution < 1.29 is 0 Å². The normalized spacial score (nSPS) is 8.92. The predicted octanol–water partition coefficient (Wildman–Crippen LogP) is 1.98. The second-order valence-corrected chi connectivity index (χ2v) is 3.31. The molecule has 0 amide bonds. The molecule has 0 aliphatic rings. The fraction of sp³-hybridized carbons (Fsp3) is 0.400. The van der Waals surface area contributed by atoms with Gasteiger partial charge < -0.3 is 16.0 Å². The summed E-state index contributed by atoms with van der Waals surface area (Å²) in [5.74, 6) is 0. The van der Waals surface area contributed by atoms with Crippen molar-refractivity contribution in [3.63, 3.8) is 0 Å². The SMILES string of the molecule is CN(C)c1ccc(N(C)C)cc1.N. The highest BCUT2D eigenvalue weighted by Crippen LogP contribution is 2.16. The molecule has 0 aliphatic heterocycles. The van der Waals surface area contributed by atoms with Crippen molar-refractivity contribution in [2.75, 3.05) is 38.0 Å². The van der Waals surface area contributed by atoms with E-state index in [1.165, 1.54) is 11.4 Å². The highest BCUT2D eigenvalue weighted by molar-refractivity contribution is 5.54. The largest absolute Gasteiger partial charge is 0.378 e. The molecule has 1 aromatic rings. The quantitative estimate of drug-likeness (QED) is 0.758. The minimum atomic E-state index is 0. The van der Waals surface area contributed by atoms with Gasteiger partial charge in [-0.1, -0.05) is 0 Å². The van der Waals surface area contributed by atoms with Gasteiger partial charge in [-0.05, 0) is 24.3 Å². The van der Waals surface area contributed by atoms with Crippen LogP contribution in [0.25, 0.3) is 0 Å². The summed E-state index contributed by atoms with van der Waals surface area (Å²) in [5, 5.41) is 0. The van der Waals surface area contributed by atoms with Crippen LogP contribution in [0.2, 0.25) is 0 Å². The molecular weight excluding hydrogens is 162 g/mol. The lowest BCUT2D eigenvalue weighted by atomic mass is 10.2. The lowest BCUT2D eigenvalue weighted by Gasteiger charge is -2.16. The van der Waals surface area contributed by atoms with Crippen molar-refractivity contribution in [2.45, 2.75) is 0 Å². The molecule has 0 heterocycles. The highest BCUT2D eigenvalue weighted by Gasteiger charge is 1.96. The zero-order valence-corrected chi connectivity index (χ0v) is 8.91. The standard InChI is InChI=1S/C10H16N2.H3N/c1-11(2)9-5-7-10(8-6-9)12(3)4;/h5-8H,1-4H3;1H3. The van der Waals surface area contributed by atoms with Gasteiger partial charge >= 0.3 is 0 Å². The Bertz CT molecular complexity index is 212. The van der Waals surface area contributed by atoms with Crippen LogP contribution in [0.1, 0.15) is 0 Å². The molecule has 0 bridgehead atoms. The molecule has 1 aromatic carbocycles. The van der Waals surface area contributed by atoms with Crippen LogP contribution in [0.3, 0.4) is 0 Å². The van der Waals surface area contributed by atoms with Gasteiger partial charge in [-0.25, -0.2) is 0 Å². The smallest absolute Gasteiger partial charge is 0.0362 e. The topological polar surface area (TPSA) is 41.5 Å². The maximum Gasteiger partial charge on any atom is 0.0362 e. The van der Waals surface area contributed by atoms with Gasteiger partial charge in [-0.3, -0.25) is 0 Å². The lowest BCUT2D eigenvalue weighted by Crippen LogP contribution is -2.10. The Balaban J connectivity index is 0.00000144. The molecular formula is C10H19N3. The monoisotopic (exact) mass is 181 g/mol. The molecule has 1 rings (SSSR count). The van der Waals surface area contributed by atoms with Gasteiger partial charge in [-0.2, -0.15) is 0 Å². The van der Waals surface area contributed by atoms with E-state index >= 15 is 0 Å². The Kier molecular flexibility index (Phi) is 4.28. The summed E-state index contributed by atoms with van der Waals surface area (Å²) in [7, 11) is 8.19. The summed E-state index contributed by atoms with van der Waals surface area (Å²) < 4.78 is 0. The van der Waals surface area contributed by atoms with Gasteiger partial charge in [0.2, 0.25) is 0 Å². The molecule has 0 unspecified atom stereocenters. The molecule has 74 valence electrons. The van der Waals surface area contributed by atoms with Crippen molar-refractivity contribution in [1.82, 2.24) is 6.15 Å². The third kappa shape index (κ3) is 2.95. The van der Waals surface area contributed by atoms with Crippen molar-refractivity contribution in [2.24, 2.45) is 0 Å². The molecule has 0 radical (unpaired) electrons. The second kappa shape index (κ2) is 4.72. The third-order valence-corrected chi connectivity index (χ3v) is 1.88. The molecule has 0 aliphatic carbocycles. The molecule has 0 fully saturated rings. The first-order chi connectivity index (χ1) is 5.61. The Labute approximate surface area is 80.5 Å². The highest BCUT2D eigenvalue weighted by atomic mass is 15.1. The zero-order chi connectivity index (χ0) is 9.14. The van der Waals surface area contributed by atoms with Crippen LogP contribution in [-0.2, 0) is 0 Å². The van der Waals surface area contributed by atoms with Crippen molar-refractivity contribution >= 4 is 11.4 Å². The summed E-state index contributed by atoms with van der Waals surface area (Å²) in [6, 6.07) is 8.48. The number of hydrogen-bond donors (Lipinski definition) is 1. The molecule has 0 saturated carbocycles. The van der Waals surface area contributed by atoms with Crippen LogP contribution < -0.4 is 16.0 Å².